The van der Waals surface area contributed by atoms with Gasteiger partial charge in [-0.25, -0.2) is 0 Å². The number of ketones is 2. The number of benzene rings is 1. The highest BCUT2D eigenvalue weighted by Gasteiger charge is 2.53. The summed E-state index contributed by atoms with van der Waals surface area (Å²) >= 11 is 0. The zero-order valence-electron chi connectivity index (χ0n) is 25.2. The van der Waals surface area contributed by atoms with Crippen LogP contribution in [0, 0.1) is 0 Å². The Morgan fingerprint density at radius 1 is 0.857 bits per heavy atom. The van der Waals surface area contributed by atoms with Crippen LogP contribution in [0.4, 0.5) is 0 Å². The van der Waals surface area contributed by atoms with E-state index in [4.69, 9.17) is 14.2 Å². The van der Waals surface area contributed by atoms with E-state index in [2.05, 4.69) is 6.92 Å². The van der Waals surface area contributed by atoms with Crippen LogP contribution in [-0.2, 0) is 14.4 Å². The number of carbonyl (C=O) groups excluding carboxylic acids is 4. The molecule has 3 unspecified atom stereocenters. The molecule has 2 saturated heterocycles. The molecule has 10 heteroatoms. The molecule has 3 fully saturated rings. The van der Waals surface area contributed by atoms with Crippen molar-refractivity contribution in [1.82, 2.24) is 14.7 Å². The SMILES string of the molecule is CCCCCC1C(=O)N(C2CCCC2)C=C2C3CCCC(C(=O)N21)N3CC(=O)C(=O)c1cc(OC)c(OC)c(OC)c1. The zero-order valence-corrected chi connectivity index (χ0v) is 25.2. The van der Waals surface area contributed by atoms with Crippen molar-refractivity contribution in [3.8, 4) is 17.2 Å². The van der Waals surface area contributed by atoms with Gasteiger partial charge in [-0.1, -0.05) is 39.0 Å². The van der Waals surface area contributed by atoms with Crippen LogP contribution in [0.1, 0.15) is 87.9 Å². The summed E-state index contributed by atoms with van der Waals surface area (Å²) in [6.45, 7) is 1.95. The van der Waals surface area contributed by atoms with E-state index in [9.17, 15) is 19.2 Å². The van der Waals surface area contributed by atoms with Gasteiger partial charge < -0.3 is 19.1 Å². The summed E-state index contributed by atoms with van der Waals surface area (Å²) in [5.41, 5.74) is 0.937. The summed E-state index contributed by atoms with van der Waals surface area (Å²) in [4.78, 5) is 60.4. The van der Waals surface area contributed by atoms with Gasteiger partial charge >= 0.3 is 0 Å². The number of methoxy groups -OCH3 is 3. The summed E-state index contributed by atoms with van der Waals surface area (Å²) in [6.07, 6.45) is 11.8. The smallest absolute Gasteiger partial charge is 0.250 e. The lowest BCUT2D eigenvalue weighted by molar-refractivity contribution is -0.157. The molecule has 3 heterocycles. The van der Waals surface area contributed by atoms with E-state index in [0.717, 1.165) is 63.5 Å². The Balaban J connectivity index is 1.44. The predicted octanol–water partition coefficient (Wildman–Crippen LogP) is 4.10. The molecule has 0 aromatic heterocycles. The van der Waals surface area contributed by atoms with Crippen LogP contribution in [0.25, 0.3) is 0 Å². The largest absolute Gasteiger partial charge is 0.493 e. The molecule has 3 aliphatic heterocycles. The Morgan fingerprint density at radius 3 is 2.14 bits per heavy atom. The Kier molecular flexibility index (Phi) is 9.20. The second-order valence-corrected chi connectivity index (χ2v) is 11.8. The van der Waals surface area contributed by atoms with Gasteiger partial charge in [-0.05, 0) is 50.7 Å². The third-order valence-corrected chi connectivity index (χ3v) is 9.33. The Morgan fingerprint density at radius 2 is 1.52 bits per heavy atom. The van der Waals surface area contributed by atoms with Crippen LogP contribution < -0.4 is 14.2 Å². The number of piperazine rings is 1. The maximum Gasteiger partial charge on any atom is 0.250 e. The molecule has 42 heavy (non-hydrogen) atoms. The first kappa shape index (κ1) is 30.1. The average Bonchev–Trinajstić information content (AvgIpc) is 3.54. The highest BCUT2D eigenvalue weighted by Crippen LogP contribution is 2.42. The Labute approximate surface area is 247 Å². The third-order valence-electron chi connectivity index (χ3n) is 9.33. The molecule has 1 aromatic rings. The molecule has 2 bridgehead atoms. The van der Waals surface area contributed by atoms with Crippen LogP contribution in [0.2, 0.25) is 0 Å². The first-order valence-electron chi connectivity index (χ1n) is 15.3. The van der Waals surface area contributed by atoms with Crippen molar-refractivity contribution >= 4 is 23.4 Å². The van der Waals surface area contributed by atoms with Gasteiger partial charge in [0, 0.05) is 17.8 Å². The van der Waals surface area contributed by atoms with Crippen molar-refractivity contribution < 1.29 is 33.4 Å². The number of Topliss-reactive ketones (excluding diaryl/α,β-unsaturated/α-hetero) is 2. The van der Waals surface area contributed by atoms with Gasteiger partial charge in [0.2, 0.25) is 29.1 Å². The highest BCUT2D eigenvalue weighted by atomic mass is 16.5. The van der Waals surface area contributed by atoms with Gasteiger partial charge in [0.15, 0.2) is 11.5 Å². The lowest BCUT2D eigenvalue weighted by Crippen LogP contribution is -2.69. The number of fused-ring (bicyclic) bond motifs is 4. The van der Waals surface area contributed by atoms with E-state index < -0.39 is 23.7 Å². The van der Waals surface area contributed by atoms with Crippen LogP contribution in [0.15, 0.2) is 24.0 Å². The number of nitrogens with zero attached hydrogens (tertiary/aromatic N) is 3. The van der Waals surface area contributed by atoms with E-state index in [-0.39, 0.29) is 47.5 Å². The highest BCUT2D eigenvalue weighted by molar-refractivity contribution is 6.44. The lowest BCUT2D eigenvalue weighted by Gasteiger charge is -2.54. The van der Waals surface area contributed by atoms with Crippen LogP contribution >= 0.6 is 0 Å². The minimum Gasteiger partial charge on any atom is -0.493 e. The van der Waals surface area contributed by atoms with Gasteiger partial charge in [0.05, 0.1) is 45.7 Å². The molecule has 10 nitrogen and oxygen atoms in total. The number of rotatable bonds is 12. The topological polar surface area (TPSA) is 106 Å². The molecule has 4 aliphatic rings. The van der Waals surface area contributed by atoms with Crippen molar-refractivity contribution in [3.63, 3.8) is 0 Å². The first-order valence-corrected chi connectivity index (χ1v) is 15.3. The second kappa shape index (κ2) is 12.9. The van der Waals surface area contributed by atoms with Gasteiger partial charge in [-0.15, -0.1) is 0 Å². The molecule has 3 atom stereocenters. The quantitative estimate of drug-likeness (QED) is 0.206. The van der Waals surface area contributed by atoms with E-state index in [1.165, 1.54) is 33.5 Å². The van der Waals surface area contributed by atoms with Crippen molar-refractivity contribution in [1.29, 1.82) is 0 Å². The van der Waals surface area contributed by atoms with Crippen molar-refractivity contribution in [2.24, 2.45) is 0 Å². The van der Waals surface area contributed by atoms with Crippen molar-refractivity contribution in [2.45, 2.75) is 102 Å². The van der Waals surface area contributed by atoms with Crippen LogP contribution in [0.5, 0.6) is 17.2 Å². The maximum atomic E-state index is 14.1. The fourth-order valence-corrected chi connectivity index (χ4v) is 7.19. The molecule has 1 aliphatic carbocycles. The number of hydrogen-bond acceptors (Lipinski definition) is 8. The first-order chi connectivity index (χ1) is 20.3. The summed E-state index contributed by atoms with van der Waals surface area (Å²) in [5.74, 6) is -0.499. The molecule has 1 aromatic carbocycles. The van der Waals surface area contributed by atoms with Crippen LogP contribution in [0.3, 0.4) is 0 Å². The van der Waals surface area contributed by atoms with Crippen LogP contribution in [-0.4, -0.2) is 90.1 Å². The van der Waals surface area contributed by atoms with E-state index in [0.29, 0.717) is 18.6 Å². The van der Waals surface area contributed by atoms with Crippen molar-refractivity contribution in [3.05, 3.63) is 29.6 Å². The molecule has 0 spiro atoms. The van der Waals surface area contributed by atoms with Gasteiger partial charge in [0.1, 0.15) is 6.04 Å². The summed E-state index contributed by atoms with van der Waals surface area (Å²) in [5, 5.41) is 0. The molecule has 5 rings (SSSR count). The third kappa shape index (κ3) is 5.41. The number of carbonyl (C=O) groups is 4. The summed E-state index contributed by atoms with van der Waals surface area (Å²) < 4.78 is 16.1. The molecule has 1 saturated carbocycles. The minimum atomic E-state index is -0.681. The standard InChI is InChI=1S/C32H43N3O7/c1-5-6-7-13-24-31(38)33(21-11-8-9-12-21)18-25-22-14-10-15-23(32(39)35(24)25)34(22)19-26(36)29(37)20-16-27(40-2)30(42-4)28(17-20)41-3/h16-18,21-24H,5-15,19H2,1-4H3. The van der Waals surface area contributed by atoms with E-state index >= 15 is 0 Å². The number of piperidine rings is 1. The fraction of sp³-hybridized carbons (Fsp3) is 0.625. The van der Waals surface area contributed by atoms with E-state index in [1.54, 1.807) is 4.90 Å². The van der Waals surface area contributed by atoms with Gasteiger partial charge in [0.25, 0.3) is 0 Å². The Bertz CT molecular complexity index is 1230. The normalized spacial score (nSPS) is 24.4. The minimum absolute atomic E-state index is 0.0234. The molecular formula is C32H43N3O7. The number of hydrogen-bond donors (Lipinski definition) is 0. The van der Waals surface area contributed by atoms with Gasteiger partial charge in [-0.3, -0.25) is 29.0 Å². The monoisotopic (exact) mass is 581 g/mol. The van der Waals surface area contributed by atoms with Gasteiger partial charge in [-0.2, -0.15) is 0 Å². The maximum absolute atomic E-state index is 14.1. The Hall–Kier alpha value is -3.40. The molecular weight excluding hydrogens is 538 g/mol. The molecule has 2 amide bonds. The summed E-state index contributed by atoms with van der Waals surface area (Å²) in [6, 6.07) is 1.82. The number of amides is 2. The molecule has 228 valence electrons. The van der Waals surface area contributed by atoms with E-state index in [1.807, 2.05) is 16.0 Å². The number of ether oxygens (including phenoxy) is 3. The zero-order chi connectivity index (χ0) is 30.0. The molecule has 0 N–H and O–H groups in total. The molecule has 0 radical (unpaired) electrons. The lowest BCUT2D eigenvalue weighted by atomic mass is 9.85. The average molecular weight is 582 g/mol. The summed E-state index contributed by atoms with van der Waals surface area (Å²) in [7, 11) is 4.37. The fourth-order valence-electron chi connectivity index (χ4n) is 7.19. The number of unbranched alkanes of at least 4 members (excludes halogenated alkanes) is 2. The second-order valence-electron chi connectivity index (χ2n) is 11.8. The predicted molar refractivity (Wildman–Crippen MR) is 156 cm³/mol. The van der Waals surface area contributed by atoms with Crippen molar-refractivity contribution in [2.75, 3.05) is 27.9 Å².